The number of amides is 1. The van der Waals surface area contributed by atoms with Gasteiger partial charge in [-0.1, -0.05) is 5.21 Å². The van der Waals surface area contributed by atoms with E-state index in [1.165, 1.54) is 7.11 Å². The van der Waals surface area contributed by atoms with Crippen LogP contribution in [0.3, 0.4) is 0 Å². The minimum absolute atomic E-state index is 0.0682. The summed E-state index contributed by atoms with van der Waals surface area (Å²) < 4.78 is 6.44. The van der Waals surface area contributed by atoms with Crippen molar-refractivity contribution in [1.82, 2.24) is 25.6 Å². The second-order valence-electron chi connectivity index (χ2n) is 4.99. The SMILES string of the molecule is CNC(=O)CCn1nnc(C(=O)OC)c1C1CCNCC1. The van der Waals surface area contributed by atoms with Crippen LogP contribution < -0.4 is 10.6 Å². The molecule has 0 saturated carbocycles. The molecular weight excluding hydrogens is 274 g/mol. The Bertz CT molecular complexity index is 508. The van der Waals surface area contributed by atoms with Crippen molar-refractivity contribution in [2.24, 2.45) is 0 Å². The molecule has 0 radical (unpaired) electrons. The van der Waals surface area contributed by atoms with Crippen molar-refractivity contribution in [2.75, 3.05) is 27.2 Å². The predicted octanol–water partition coefficient (Wildman–Crippen LogP) is -0.332. The van der Waals surface area contributed by atoms with Crippen LogP contribution in [0.5, 0.6) is 0 Å². The Kier molecular flexibility index (Phi) is 5.26. The Morgan fingerprint density at radius 2 is 2.14 bits per heavy atom. The van der Waals surface area contributed by atoms with Gasteiger partial charge in [0.25, 0.3) is 0 Å². The lowest BCUT2D eigenvalue weighted by atomic mass is 9.93. The number of carbonyl (C=O) groups is 2. The zero-order valence-electron chi connectivity index (χ0n) is 12.4. The number of nitrogens with one attached hydrogen (secondary N) is 2. The third-order valence-corrected chi connectivity index (χ3v) is 3.71. The molecule has 1 aliphatic heterocycles. The Morgan fingerprint density at radius 1 is 1.43 bits per heavy atom. The maximum absolute atomic E-state index is 11.9. The van der Waals surface area contributed by atoms with Crippen LogP contribution >= 0.6 is 0 Å². The maximum atomic E-state index is 11.9. The van der Waals surface area contributed by atoms with Gasteiger partial charge in [0.05, 0.1) is 19.3 Å². The number of aryl methyl sites for hydroxylation is 1. The summed E-state index contributed by atoms with van der Waals surface area (Å²) in [6.07, 6.45) is 2.13. The third-order valence-electron chi connectivity index (χ3n) is 3.71. The van der Waals surface area contributed by atoms with E-state index in [0.717, 1.165) is 31.6 Å². The predicted molar refractivity (Wildman–Crippen MR) is 74.9 cm³/mol. The van der Waals surface area contributed by atoms with Crippen LogP contribution in [0.2, 0.25) is 0 Å². The molecule has 116 valence electrons. The number of hydrogen-bond donors (Lipinski definition) is 2. The van der Waals surface area contributed by atoms with Gasteiger partial charge in [0, 0.05) is 19.4 Å². The molecule has 0 spiro atoms. The molecule has 2 rings (SSSR count). The molecule has 2 heterocycles. The van der Waals surface area contributed by atoms with Crippen LogP contribution in [0.4, 0.5) is 0 Å². The van der Waals surface area contributed by atoms with E-state index in [9.17, 15) is 9.59 Å². The van der Waals surface area contributed by atoms with Gasteiger partial charge in [-0.05, 0) is 25.9 Å². The lowest BCUT2D eigenvalue weighted by Crippen LogP contribution is -2.29. The van der Waals surface area contributed by atoms with Gasteiger partial charge in [0.1, 0.15) is 0 Å². The highest BCUT2D eigenvalue weighted by Gasteiger charge is 2.28. The first-order valence-electron chi connectivity index (χ1n) is 7.10. The molecule has 0 unspecified atom stereocenters. The first kappa shape index (κ1) is 15.4. The van der Waals surface area contributed by atoms with E-state index in [-0.39, 0.29) is 17.5 Å². The number of aromatic nitrogens is 3. The standard InChI is InChI=1S/C13H21N5O3/c1-14-10(19)5-8-18-12(9-3-6-15-7-4-9)11(16-17-18)13(20)21-2/h9,15H,3-8H2,1-2H3,(H,14,19). The van der Waals surface area contributed by atoms with Crippen molar-refractivity contribution >= 4 is 11.9 Å². The molecular formula is C13H21N5O3. The highest BCUT2D eigenvalue weighted by Crippen LogP contribution is 2.27. The third kappa shape index (κ3) is 3.57. The summed E-state index contributed by atoms with van der Waals surface area (Å²) in [5, 5.41) is 13.8. The normalized spacial score (nSPS) is 15.7. The van der Waals surface area contributed by atoms with Gasteiger partial charge in [-0.15, -0.1) is 5.10 Å². The van der Waals surface area contributed by atoms with E-state index in [1.54, 1.807) is 11.7 Å². The molecule has 1 aliphatic rings. The molecule has 2 N–H and O–H groups in total. The number of hydrogen-bond acceptors (Lipinski definition) is 6. The van der Waals surface area contributed by atoms with Gasteiger partial charge < -0.3 is 15.4 Å². The highest BCUT2D eigenvalue weighted by molar-refractivity contribution is 5.88. The van der Waals surface area contributed by atoms with Gasteiger partial charge >= 0.3 is 5.97 Å². The van der Waals surface area contributed by atoms with E-state index >= 15 is 0 Å². The lowest BCUT2D eigenvalue weighted by Gasteiger charge is -2.23. The van der Waals surface area contributed by atoms with E-state index in [4.69, 9.17) is 4.74 Å². The molecule has 21 heavy (non-hydrogen) atoms. The first-order valence-corrected chi connectivity index (χ1v) is 7.10. The Hall–Kier alpha value is -1.96. The number of piperidine rings is 1. The van der Waals surface area contributed by atoms with Gasteiger partial charge in [0.2, 0.25) is 5.91 Å². The van der Waals surface area contributed by atoms with Crippen molar-refractivity contribution in [1.29, 1.82) is 0 Å². The molecule has 0 aromatic carbocycles. The summed E-state index contributed by atoms with van der Waals surface area (Å²) in [5.41, 5.74) is 1.05. The van der Waals surface area contributed by atoms with E-state index in [0.29, 0.717) is 13.0 Å². The molecule has 8 nitrogen and oxygen atoms in total. The van der Waals surface area contributed by atoms with Crippen molar-refractivity contribution < 1.29 is 14.3 Å². The highest BCUT2D eigenvalue weighted by atomic mass is 16.5. The maximum Gasteiger partial charge on any atom is 0.360 e. The average Bonchev–Trinajstić information content (AvgIpc) is 2.96. The molecule has 1 saturated heterocycles. The van der Waals surface area contributed by atoms with Gasteiger partial charge in [-0.25, -0.2) is 9.48 Å². The van der Waals surface area contributed by atoms with Crippen LogP contribution in [0, 0.1) is 0 Å². The zero-order valence-corrected chi connectivity index (χ0v) is 12.4. The second kappa shape index (κ2) is 7.16. The van der Waals surface area contributed by atoms with E-state index < -0.39 is 5.97 Å². The van der Waals surface area contributed by atoms with Crippen molar-refractivity contribution in [3.05, 3.63) is 11.4 Å². The minimum Gasteiger partial charge on any atom is -0.464 e. The number of methoxy groups -OCH3 is 1. The topological polar surface area (TPSA) is 98.1 Å². The summed E-state index contributed by atoms with van der Waals surface area (Å²) in [6, 6.07) is 0. The van der Waals surface area contributed by atoms with Crippen molar-refractivity contribution in [3.63, 3.8) is 0 Å². The lowest BCUT2D eigenvalue weighted by molar-refractivity contribution is -0.120. The smallest absolute Gasteiger partial charge is 0.360 e. The van der Waals surface area contributed by atoms with Crippen LogP contribution in [-0.2, 0) is 16.1 Å². The fraction of sp³-hybridized carbons (Fsp3) is 0.692. The number of nitrogens with zero attached hydrogens (tertiary/aromatic N) is 3. The Labute approximate surface area is 123 Å². The molecule has 0 aliphatic carbocycles. The minimum atomic E-state index is -0.477. The van der Waals surface area contributed by atoms with Crippen LogP contribution in [0.25, 0.3) is 0 Å². The molecule has 0 bridgehead atoms. The molecule has 0 atom stereocenters. The van der Waals surface area contributed by atoms with Gasteiger partial charge in [0.15, 0.2) is 5.69 Å². The van der Waals surface area contributed by atoms with Crippen molar-refractivity contribution in [3.8, 4) is 0 Å². The summed E-state index contributed by atoms with van der Waals surface area (Å²) in [4.78, 5) is 23.2. The number of esters is 1. The van der Waals surface area contributed by atoms with Gasteiger partial charge in [-0.3, -0.25) is 4.79 Å². The summed E-state index contributed by atoms with van der Waals surface area (Å²) >= 11 is 0. The zero-order chi connectivity index (χ0) is 15.2. The summed E-state index contributed by atoms with van der Waals surface area (Å²) in [5.74, 6) is -0.337. The van der Waals surface area contributed by atoms with Crippen LogP contribution in [0.1, 0.15) is 41.4 Å². The number of rotatable bonds is 5. The largest absolute Gasteiger partial charge is 0.464 e. The summed E-state index contributed by atoms with van der Waals surface area (Å²) in [7, 11) is 2.93. The van der Waals surface area contributed by atoms with Gasteiger partial charge in [-0.2, -0.15) is 0 Å². The fourth-order valence-corrected chi connectivity index (χ4v) is 2.56. The Morgan fingerprint density at radius 3 is 2.76 bits per heavy atom. The average molecular weight is 295 g/mol. The summed E-state index contributed by atoms with van der Waals surface area (Å²) in [6.45, 7) is 2.20. The number of carbonyl (C=O) groups excluding carboxylic acids is 2. The number of ether oxygens (including phenoxy) is 1. The monoisotopic (exact) mass is 295 g/mol. The second-order valence-corrected chi connectivity index (χ2v) is 4.99. The van der Waals surface area contributed by atoms with Crippen LogP contribution in [0.15, 0.2) is 0 Å². The molecule has 1 amide bonds. The van der Waals surface area contributed by atoms with Crippen molar-refractivity contribution in [2.45, 2.75) is 31.7 Å². The van der Waals surface area contributed by atoms with E-state index in [1.807, 2.05) is 0 Å². The molecule has 1 fully saturated rings. The Balaban J connectivity index is 2.24. The molecule has 8 heteroatoms. The van der Waals surface area contributed by atoms with E-state index in [2.05, 4.69) is 20.9 Å². The fourth-order valence-electron chi connectivity index (χ4n) is 2.56. The molecule has 1 aromatic rings. The van der Waals surface area contributed by atoms with Crippen LogP contribution in [-0.4, -0.2) is 54.1 Å². The first-order chi connectivity index (χ1) is 10.2. The quantitative estimate of drug-likeness (QED) is 0.722. The molecule has 1 aromatic heterocycles.